The Kier molecular flexibility index (Phi) is 7.71. The summed E-state index contributed by atoms with van der Waals surface area (Å²) in [6.07, 6.45) is -0.487. The second kappa shape index (κ2) is 8.22. The summed E-state index contributed by atoms with van der Waals surface area (Å²) in [4.78, 5) is 23.0. The Labute approximate surface area is 127 Å². The number of carbonyl (C=O) groups is 2. The number of hydrogen-bond acceptors (Lipinski definition) is 4. The molecule has 1 amide bonds. The number of alkyl carbamates (subject to hydrolysis) is 1. The molecule has 0 bridgehead atoms. The summed E-state index contributed by atoms with van der Waals surface area (Å²) in [6, 6.07) is -0.827. The highest BCUT2D eigenvalue weighted by atomic mass is 16.6. The third kappa shape index (κ3) is 8.55. The SMILES string of the molecule is CC(C)C(CNC(C(=O)O)C(C)C)NC(=O)OC(C)(C)C. The molecule has 0 rings (SSSR count). The molecular formula is C15H30N2O4. The molecule has 0 aliphatic carbocycles. The number of ether oxygens (including phenoxy) is 1. The molecule has 0 heterocycles. The van der Waals surface area contributed by atoms with Gasteiger partial charge in [0.2, 0.25) is 0 Å². The molecule has 6 heteroatoms. The van der Waals surface area contributed by atoms with Crippen molar-refractivity contribution in [2.24, 2.45) is 11.8 Å². The lowest BCUT2D eigenvalue weighted by atomic mass is 10.0. The van der Waals surface area contributed by atoms with E-state index in [1.807, 2.05) is 27.7 Å². The molecule has 0 aromatic heterocycles. The van der Waals surface area contributed by atoms with E-state index in [1.54, 1.807) is 20.8 Å². The van der Waals surface area contributed by atoms with Crippen molar-refractivity contribution >= 4 is 12.1 Å². The van der Waals surface area contributed by atoms with E-state index in [-0.39, 0.29) is 17.9 Å². The third-order valence-electron chi connectivity index (χ3n) is 3.00. The van der Waals surface area contributed by atoms with Crippen LogP contribution in [-0.2, 0) is 9.53 Å². The van der Waals surface area contributed by atoms with Crippen molar-refractivity contribution in [2.75, 3.05) is 6.54 Å². The predicted molar refractivity (Wildman–Crippen MR) is 82.3 cm³/mol. The van der Waals surface area contributed by atoms with E-state index >= 15 is 0 Å². The van der Waals surface area contributed by atoms with Gasteiger partial charge in [-0.1, -0.05) is 27.7 Å². The maximum atomic E-state index is 11.8. The summed E-state index contributed by atoms with van der Waals surface area (Å²) in [7, 11) is 0. The van der Waals surface area contributed by atoms with Crippen LogP contribution in [0.3, 0.4) is 0 Å². The normalized spacial score (nSPS) is 14.9. The summed E-state index contributed by atoms with van der Waals surface area (Å²) in [5.74, 6) is -0.756. The van der Waals surface area contributed by atoms with Crippen LogP contribution in [0.1, 0.15) is 48.5 Å². The first-order valence-corrected chi connectivity index (χ1v) is 7.39. The minimum atomic E-state index is -0.884. The van der Waals surface area contributed by atoms with Gasteiger partial charge in [-0.15, -0.1) is 0 Å². The number of nitrogens with one attached hydrogen (secondary N) is 2. The van der Waals surface area contributed by atoms with Gasteiger partial charge in [0.25, 0.3) is 0 Å². The van der Waals surface area contributed by atoms with Crippen LogP contribution in [0.2, 0.25) is 0 Å². The smallest absolute Gasteiger partial charge is 0.407 e. The summed E-state index contributed by atoms with van der Waals surface area (Å²) in [6.45, 7) is 13.4. The molecule has 124 valence electrons. The molecule has 2 unspecified atom stereocenters. The van der Waals surface area contributed by atoms with Gasteiger partial charge in [0.05, 0.1) is 0 Å². The zero-order valence-corrected chi connectivity index (χ0v) is 14.2. The number of carboxylic acids is 1. The Bertz CT molecular complexity index is 348. The molecule has 6 nitrogen and oxygen atoms in total. The number of rotatable bonds is 7. The minimum absolute atomic E-state index is 0.0307. The van der Waals surface area contributed by atoms with Crippen molar-refractivity contribution in [3.05, 3.63) is 0 Å². The molecule has 21 heavy (non-hydrogen) atoms. The average Bonchev–Trinajstić information content (AvgIpc) is 2.23. The van der Waals surface area contributed by atoms with E-state index in [0.717, 1.165) is 0 Å². The highest BCUT2D eigenvalue weighted by Gasteiger charge is 2.25. The van der Waals surface area contributed by atoms with E-state index in [4.69, 9.17) is 9.84 Å². The number of aliphatic carboxylic acids is 1. The van der Waals surface area contributed by atoms with Crippen LogP contribution < -0.4 is 10.6 Å². The van der Waals surface area contributed by atoms with Gasteiger partial charge in [-0.2, -0.15) is 0 Å². The molecule has 0 aliphatic rings. The quantitative estimate of drug-likeness (QED) is 0.671. The second-order valence-corrected chi connectivity index (χ2v) is 6.96. The molecule has 2 atom stereocenters. The third-order valence-corrected chi connectivity index (χ3v) is 3.00. The fraction of sp³-hybridized carbons (Fsp3) is 0.867. The Morgan fingerprint density at radius 2 is 1.62 bits per heavy atom. The molecule has 0 aliphatic heterocycles. The van der Waals surface area contributed by atoms with Gasteiger partial charge in [-0.25, -0.2) is 4.79 Å². The van der Waals surface area contributed by atoms with Crippen LogP contribution in [0.25, 0.3) is 0 Å². The highest BCUT2D eigenvalue weighted by Crippen LogP contribution is 2.09. The van der Waals surface area contributed by atoms with E-state index in [1.165, 1.54) is 0 Å². The second-order valence-electron chi connectivity index (χ2n) is 6.96. The molecule has 0 saturated heterocycles. The summed E-state index contributed by atoms with van der Waals surface area (Å²) < 4.78 is 5.23. The van der Waals surface area contributed by atoms with E-state index < -0.39 is 23.7 Å². The van der Waals surface area contributed by atoms with Crippen LogP contribution >= 0.6 is 0 Å². The lowest BCUT2D eigenvalue weighted by Crippen LogP contribution is -2.51. The minimum Gasteiger partial charge on any atom is -0.480 e. The Morgan fingerprint density at radius 1 is 1.10 bits per heavy atom. The Hall–Kier alpha value is -1.30. The van der Waals surface area contributed by atoms with Crippen LogP contribution in [0.15, 0.2) is 0 Å². The zero-order chi connectivity index (χ0) is 16.8. The molecular weight excluding hydrogens is 272 g/mol. The fourth-order valence-electron chi connectivity index (χ4n) is 1.77. The first-order valence-electron chi connectivity index (χ1n) is 7.39. The topological polar surface area (TPSA) is 87.7 Å². The summed E-state index contributed by atoms with van der Waals surface area (Å²) >= 11 is 0. The molecule has 0 spiro atoms. The number of hydrogen-bond donors (Lipinski definition) is 3. The van der Waals surface area contributed by atoms with Crippen molar-refractivity contribution in [2.45, 2.75) is 66.2 Å². The van der Waals surface area contributed by atoms with E-state index in [2.05, 4.69) is 10.6 Å². The number of carbonyl (C=O) groups excluding carboxylic acids is 1. The number of amides is 1. The van der Waals surface area contributed by atoms with Crippen LogP contribution in [0, 0.1) is 11.8 Å². The van der Waals surface area contributed by atoms with E-state index in [9.17, 15) is 9.59 Å². The van der Waals surface area contributed by atoms with Crippen molar-refractivity contribution in [1.29, 1.82) is 0 Å². The lowest BCUT2D eigenvalue weighted by Gasteiger charge is -2.28. The van der Waals surface area contributed by atoms with Crippen molar-refractivity contribution < 1.29 is 19.4 Å². The van der Waals surface area contributed by atoms with Gasteiger partial charge in [-0.05, 0) is 32.6 Å². The number of carboxylic acid groups (broad SMARTS) is 1. The van der Waals surface area contributed by atoms with Crippen molar-refractivity contribution in [1.82, 2.24) is 10.6 Å². The molecule has 0 radical (unpaired) electrons. The Morgan fingerprint density at radius 3 is 1.95 bits per heavy atom. The maximum Gasteiger partial charge on any atom is 0.407 e. The lowest BCUT2D eigenvalue weighted by molar-refractivity contribution is -0.140. The molecule has 0 fully saturated rings. The summed E-state index contributed by atoms with van der Waals surface area (Å²) in [5, 5.41) is 14.9. The summed E-state index contributed by atoms with van der Waals surface area (Å²) in [5.41, 5.74) is -0.555. The molecule has 3 N–H and O–H groups in total. The van der Waals surface area contributed by atoms with Gasteiger partial charge in [0.1, 0.15) is 11.6 Å². The standard InChI is InChI=1S/C15H30N2O4/c1-9(2)11(17-14(20)21-15(5,6)7)8-16-12(10(3)4)13(18)19/h9-12,16H,8H2,1-7H3,(H,17,20)(H,18,19). The largest absolute Gasteiger partial charge is 0.480 e. The highest BCUT2D eigenvalue weighted by molar-refractivity contribution is 5.73. The van der Waals surface area contributed by atoms with Crippen molar-refractivity contribution in [3.8, 4) is 0 Å². The van der Waals surface area contributed by atoms with Gasteiger partial charge in [0, 0.05) is 12.6 Å². The fourth-order valence-corrected chi connectivity index (χ4v) is 1.77. The van der Waals surface area contributed by atoms with Gasteiger partial charge in [-0.3, -0.25) is 4.79 Å². The van der Waals surface area contributed by atoms with Gasteiger partial charge < -0.3 is 20.5 Å². The van der Waals surface area contributed by atoms with Gasteiger partial charge in [0.15, 0.2) is 0 Å². The predicted octanol–water partition coefficient (Wildman–Crippen LogP) is 2.23. The first kappa shape index (κ1) is 19.7. The van der Waals surface area contributed by atoms with E-state index in [0.29, 0.717) is 6.54 Å². The van der Waals surface area contributed by atoms with Crippen LogP contribution in [-0.4, -0.2) is 41.4 Å². The van der Waals surface area contributed by atoms with Crippen LogP contribution in [0.5, 0.6) is 0 Å². The molecule has 0 aromatic rings. The monoisotopic (exact) mass is 302 g/mol. The average molecular weight is 302 g/mol. The van der Waals surface area contributed by atoms with Crippen LogP contribution in [0.4, 0.5) is 4.79 Å². The Balaban J connectivity index is 4.57. The molecule has 0 aromatic carbocycles. The maximum absolute atomic E-state index is 11.8. The molecule has 0 saturated carbocycles. The van der Waals surface area contributed by atoms with Gasteiger partial charge >= 0.3 is 12.1 Å². The zero-order valence-electron chi connectivity index (χ0n) is 14.2. The first-order chi connectivity index (χ1) is 9.44. The van der Waals surface area contributed by atoms with Crippen molar-refractivity contribution in [3.63, 3.8) is 0 Å².